The summed E-state index contributed by atoms with van der Waals surface area (Å²) in [7, 11) is 0. The first-order valence-corrected chi connectivity index (χ1v) is 5.40. The first-order valence-electron chi connectivity index (χ1n) is 5.02. The molecule has 88 valence electrons. The van der Waals surface area contributed by atoms with E-state index in [1.165, 1.54) is 12.4 Å². The summed E-state index contributed by atoms with van der Waals surface area (Å²) in [6.07, 6.45) is 4.10. The van der Waals surface area contributed by atoms with Crippen molar-refractivity contribution < 1.29 is 9.90 Å². The Labute approximate surface area is 98.9 Å². The molecule has 16 heavy (non-hydrogen) atoms. The SMILES string of the molecule is CC(CCCO)NC(=O)c1cncc(Cl)n1. The van der Waals surface area contributed by atoms with Crippen molar-refractivity contribution in [3.8, 4) is 0 Å². The second-order valence-electron chi connectivity index (χ2n) is 3.47. The number of amides is 1. The Morgan fingerprint density at radius 3 is 3.00 bits per heavy atom. The van der Waals surface area contributed by atoms with Gasteiger partial charge in [0, 0.05) is 12.6 Å². The summed E-state index contributed by atoms with van der Waals surface area (Å²) in [6, 6.07) is -0.0135. The van der Waals surface area contributed by atoms with Crippen molar-refractivity contribution in [1.29, 1.82) is 0 Å². The van der Waals surface area contributed by atoms with E-state index in [1.807, 2.05) is 6.92 Å². The molecule has 0 saturated heterocycles. The van der Waals surface area contributed by atoms with E-state index >= 15 is 0 Å². The van der Waals surface area contributed by atoms with Crippen molar-refractivity contribution >= 4 is 17.5 Å². The lowest BCUT2D eigenvalue weighted by Crippen LogP contribution is -2.33. The number of aliphatic hydroxyl groups excluding tert-OH is 1. The minimum atomic E-state index is -0.305. The molecule has 0 bridgehead atoms. The lowest BCUT2D eigenvalue weighted by Gasteiger charge is -2.12. The summed E-state index contributed by atoms with van der Waals surface area (Å²) < 4.78 is 0. The third-order valence-corrected chi connectivity index (χ3v) is 2.19. The molecule has 1 amide bonds. The minimum absolute atomic E-state index is 0.0135. The van der Waals surface area contributed by atoms with E-state index in [4.69, 9.17) is 16.7 Å². The number of aromatic nitrogens is 2. The first kappa shape index (κ1) is 12.9. The van der Waals surface area contributed by atoms with Crippen molar-refractivity contribution in [2.75, 3.05) is 6.61 Å². The molecule has 0 aliphatic heterocycles. The molecular weight excluding hydrogens is 230 g/mol. The van der Waals surface area contributed by atoms with E-state index in [9.17, 15) is 4.79 Å². The van der Waals surface area contributed by atoms with Crippen LogP contribution in [0.1, 0.15) is 30.3 Å². The maximum atomic E-state index is 11.6. The zero-order valence-corrected chi connectivity index (χ0v) is 9.74. The van der Waals surface area contributed by atoms with E-state index in [2.05, 4.69) is 15.3 Å². The summed E-state index contributed by atoms with van der Waals surface area (Å²) in [5, 5.41) is 11.6. The second kappa shape index (κ2) is 6.40. The van der Waals surface area contributed by atoms with Gasteiger partial charge in [0.05, 0.1) is 12.4 Å². The van der Waals surface area contributed by atoms with Gasteiger partial charge in [0.25, 0.3) is 5.91 Å². The molecular formula is C10H14ClN3O2. The molecule has 1 aromatic rings. The van der Waals surface area contributed by atoms with Gasteiger partial charge in [0.15, 0.2) is 0 Å². The van der Waals surface area contributed by atoms with Crippen LogP contribution < -0.4 is 5.32 Å². The lowest BCUT2D eigenvalue weighted by molar-refractivity contribution is 0.0931. The molecule has 0 aliphatic rings. The molecule has 1 atom stereocenters. The molecule has 5 nitrogen and oxygen atoms in total. The van der Waals surface area contributed by atoms with Gasteiger partial charge in [0.2, 0.25) is 0 Å². The first-order chi connectivity index (χ1) is 7.63. The van der Waals surface area contributed by atoms with Crippen LogP contribution in [0.15, 0.2) is 12.4 Å². The Morgan fingerprint density at radius 2 is 2.38 bits per heavy atom. The minimum Gasteiger partial charge on any atom is -0.396 e. The topological polar surface area (TPSA) is 75.1 Å². The predicted octanol–water partition coefficient (Wildman–Crippen LogP) is 1.02. The Morgan fingerprint density at radius 1 is 1.62 bits per heavy atom. The van der Waals surface area contributed by atoms with E-state index < -0.39 is 0 Å². The molecule has 0 spiro atoms. The highest BCUT2D eigenvalue weighted by Crippen LogP contribution is 2.03. The largest absolute Gasteiger partial charge is 0.396 e. The van der Waals surface area contributed by atoms with E-state index in [1.54, 1.807) is 0 Å². The van der Waals surface area contributed by atoms with Gasteiger partial charge in [-0.25, -0.2) is 4.98 Å². The fourth-order valence-electron chi connectivity index (χ4n) is 1.22. The monoisotopic (exact) mass is 243 g/mol. The van der Waals surface area contributed by atoms with Crippen molar-refractivity contribution in [2.24, 2.45) is 0 Å². The Bertz CT molecular complexity index is 360. The molecule has 0 saturated carbocycles. The summed E-state index contributed by atoms with van der Waals surface area (Å²) in [5.41, 5.74) is 0.198. The van der Waals surface area contributed by atoms with Gasteiger partial charge < -0.3 is 10.4 Å². The third kappa shape index (κ3) is 4.12. The van der Waals surface area contributed by atoms with Crippen LogP contribution >= 0.6 is 11.6 Å². The van der Waals surface area contributed by atoms with Crippen molar-refractivity contribution in [3.63, 3.8) is 0 Å². The van der Waals surface area contributed by atoms with Crippen LogP contribution in [-0.2, 0) is 0 Å². The Hall–Kier alpha value is -1.20. The molecule has 1 aromatic heterocycles. The molecule has 0 aliphatic carbocycles. The van der Waals surface area contributed by atoms with E-state index in [0.29, 0.717) is 6.42 Å². The number of aliphatic hydroxyl groups is 1. The molecule has 0 aromatic carbocycles. The second-order valence-corrected chi connectivity index (χ2v) is 3.85. The van der Waals surface area contributed by atoms with Gasteiger partial charge in [-0.15, -0.1) is 0 Å². The van der Waals surface area contributed by atoms with Crippen LogP contribution in [0.2, 0.25) is 5.15 Å². The normalized spacial score (nSPS) is 12.2. The summed E-state index contributed by atoms with van der Waals surface area (Å²) in [4.78, 5) is 19.3. The van der Waals surface area contributed by atoms with Gasteiger partial charge in [-0.3, -0.25) is 9.78 Å². The molecule has 0 radical (unpaired) electrons. The van der Waals surface area contributed by atoms with Crippen LogP contribution in [0, 0.1) is 0 Å². The highest BCUT2D eigenvalue weighted by molar-refractivity contribution is 6.29. The Balaban J connectivity index is 2.52. The zero-order chi connectivity index (χ0) is 12.0. The summed E-state index contributed by atoms with van der Waals surface area (Å²) in [6.45, 7) is 1.99. The zero-order valence-electron chi connectivity index (χ0n) is 8.98. The number of hydrogen-bond donors (Lipinski definition) is 2. The fourth-order valence-corrected chi connectivity index (χ4v) is 1.37. The van der Waals surface area contributed by atoms with Gasteiger partial charge in [-0.05, 0) is 19.8 Å². The summed E-state index contributed by atoms with van der Waals surface area (Å²) in [5.74, 6) is -0.305. The number of halogens is 1. The maximum Gasteiger partial charge on any atom is 0.271 e. The average Bonchev–Trinajstić information content (AvgIpc) is 2.26. The van der Waals surface area contributed by atoms with Gasteiger partial charge in [-0.1, -0.05) is 11.6 Å². The number of rotatable bonds is 5. The standard InChI is InChI=1S/C10H14ClN3O2/c1-7(3-2-4-15)13-10(16)8-5-12-6-9(11)14-8/h5-7,15H,2-4H2,1H3,(H,13,16). The highest BCUT2D eigenvalue weighted by Gasteiger charge is 2.11. The number of hydrogen-bond acceptors (Lipinski definition) is 4. The summed E-state index contributed by atoms with van der Waals surface area (Å²) >= 11 is 5.62. The van der Waals surface area contributed by atoms with Gasteiger partial charge in [-0.2, -0.15) is 0 Å². The third-order valence-electron chi connectivity index (χ3n) is 2.01. The number of carbonyl (C=O) groups excluding carboxylic acids is 1. The van der Waals surface area contributed by atoms with Crippen molar-refractivity contribution in [2.45, 2.75) is 25.8 Å². The van der Waals surface area contributed by atoms with Crippen LogP contribution in [0.25, 0.3) is 0 Å². The smallest absolute Gasteiger partial charge is 0.271 e. The van der Waals surface area contributed by atoms with Crippen LogP contribution in [0.4, 0.5) is 0 Å². The Kier molecular flexibility index (Phi) is 5.14. The molecule has 1 heterocycles. The molecule has 2 N–H and O–H groups in total. The van der Waals surface area contributed by atoms with E-state index in [0.717, 1.165) is 6.42 Å². The molecule has 6 heteroatoms. The number of carbonyl (C=O) groups is 1. The van der Waals surface area contributed by atoms with Crippen LogP contribution in [0.5, 0.6) is 0 Å². The predicted molar refractivity (Wildman–Crippen MR) is 60.3 cm³/mol. The van der Waals surface area contributed by atoms with Crippen LogP contribution in [-0.4, -0.2) is 33.6 Å². The van der Waals surface area contributed by atoms with Gasteiger partial charge in [0.1, 0.15) is 10.8 Å². The number of nitrogens with one attached hydrogen (secondary N) is 1. The van der Waals surface area contributed by atoms with Crippen LogP contribution in [0.3, 0.4) is 0 Å². The fraction of sp³-hybridized carbons (Fsp3) is 0.500. The highest BCUT2D eigenvalue weighted by atomic mass is 35.5. The van der Waals surface area contributed by atoms with Gasteiger partial charge >= 0.3 is 0 Å². The van der Waals surface area contributed by atoms with Crippen molar-refractivity contribution in [1.82, 2.24) is 15.3 Å². The quantitative estimate of drug-likeness (QED) is 0.810. The van der Waals surface area contributed by atoms with Crippen molar-refractivity contribution in [3.05, 3.63) is 23.2 Å². The maximum absolute atomic E-state index is 11.6. The number of nitrogens with zero attached hydrogens (tertiary/aromatic N) is 2. The van der Waals surface area contributed by atoms with E-state index in [-0.39, 0.29) is 29.4 Å². The molecule has 1 rings (SSSR count). The molecule has 1 unspecified atom stereocenters. The molecule has 0 fully saturated rings. The average molecular weight is 244 g/mol. The lowest BCUT2D eigenvalue weighted by atomic mass is 10.2.